The van der Waals surface area contributed by atoms with E-state index in [0.29, 0.717) is 49.8 Å². The second kappa shape index (κ2) is 9.78. The Morgan fingerprint density at radius 1 is 1.14 bits per heavy atom. The summed E-state index contributed by atoms with van der Waals surface area (Å²) in [7, 11) is 3.22. The van der Waals surface area contributed by atoms with Crippen molar-refractivity contribution in [2.24, 2.45) is 11.3 Å². The van der Waals surface area contributed by atoms with Crippen LogP contribution in [0, 0.1) is 22.7 Å². The largest absolute Gasteiger partial charge is 0.497 e. The van der Waals surface area contributed by atoms with Gasteiger partial charge in [-0.15, -0.1) is 0 Å². The number of ether oxygens (including phenoxy) is 2. The number of benzene rings is 2. The normalized spacial score (nSPS) is 19.6. The number of nitrogens with zero attached hydrogens (tertiary/aromatic N) is 3. The predicted molar refractivity (Wildman–Crippen MR) is 124 cm³/mol. The Hall–Kier alpha value is -3.25. The van der Waals surface area contributed by atoms with E-state index in [0.717, 1.165) is 18.9 Å². The van der Waals surface area contributed by atoms with E-state index in [2.05, 4.69) is 0 Å². The molecule has 1 unspecified atom stereocenters. The Morgan fingerprint density at radius 2 is 1.83 bits per heavy atom. The summed E-state index contributed by atoms with van der Waals surface area (Å²) in [5.41, 5.74) is -0.397. The lowest BCUT2D eigenvalue weighted by molar-refractivity contribution is -0.137. The Bertz CT molecular complexity index is 1100. The number of carbonyl (C=O) groups is 1. The number of alkyl halides is 3. The minimum Gasteiger partial charge on any atom is -0.497 e. The molecule has 2 aliphatic heterocycles. The van der Waals surface area contributed by atoms with Gasteiger partial charge >= 0.3 is 6.18 Å². The van der Waals surface area contributed by atoms with Crippen LogP contribution < -0.4 is 9.64 Å². The fraction of sp³-hybridized carbons (Fsp3) is 0.462. The van der Waals surface area contributed by atoms with Crippen molar-refractivity contribution in [3.8, 4) is 11.8 Å². The van der Waals surface area contributed by atoms with Crippen LogP contribution >= 0.6 is 0 Å². The number of carbonyl (C=O) groups excluding carboxylic acids is 1. The highest BCUT2D eigenvalue weighted by Gasteiger charge is 2.49. The summed E-state index contributed by atoms with van der Waals surface area (Å²) >= 11 is 0. The number of hydrogen-bond donors (Lipinski definition) is 0. The van der Waals surface area contributed by atoms with Crippen LogP contribution in [0.15, 0.2) is 42.5 Å². The molecule has 0 aromatic heterocycles. The molecule has 6 nitrogen and oxygen atoms in total. The van der Waals surface area contributed by atoms with Crippen LogP contribution in [0.25, 0.3) is 0 Å². The molecule has 4 rings (SSSR count). The number of anilines is 1. The number of nitriles is 1. The first kappa shape index (κ1) is 24.9. The molecule has 186 valence electrons. The molecular formula is C26H28F3N3O3. The third-order valence-corrected chi connectivity index (χ3v) is 7.36. The van der Waals surface area contributed by atoms with Crippen LogP contribution in [-0.4, -0.2) is 57.8 Å². The standard InChI is InChI=1S/C26H28F3N3O3/c1-34-16-20-15-32(24(33)18-4-7-22(35-2)8-5-18)17-25(20)9-11-31(12-10-25)21-6-3-19(14-30)23(13-21)26(27,28)29/h3-8,13,20H,9-12,15-17H2,1-2H3. The maximum atomic E-state index is 13.4. The van der Waals surface area contributed by atoms with E-state index in [4.69, 9.17) is 14.7 Å². The van der Waals surface area contributed by atoms with Gasteiger partial charge in [0.05, 0.1) is 30.9 Å². The van der Waals surface area contributed by atoms with Gasteiger partial charge in [-0.3, -0.25) is 4.79 Å². The number of likely N-dealkylation sites (tertiary alicyclic amines) is 1. The topological polar surface area (TPSA) is 65.8 Å². The average molecular weight is 488 g/mol. The molecule has 2 aromatic carbocycles. The summed E-state index contributed by atoms with van der Waals surface area (Å²) in [5, 5.41) is 9.07. The van der Waals surface area contributed by atoms with Gasteiger partial charge in [0.15, 0.2) is 0 Å². The maximum Gasteiger partial charge on any atom is 0.417 e. The van der Waals surface area contributed by atoms with Crippen molar-refractivity contribution in [3.05, 3.63) is 59.2 Å². The summed E-state index contributed by atoms with van der Waals surface area (Å²) in [4.78, 5) is 17.0. The van der Waals surface area contributed by atoms with Gasteiger partial charge in [0.1, 0.15) is 5.75 Å². The first-order chi connectivity index (χ1) is 16.7. The molecule has 35 heavy (non-hydrogen) atoms. The number of amides is 1. The zero-order valence-corrected chi connectivity index (χ0v) is 19.8. The van der Waals surface area contributed by atoms with Crippen LogP contribution in [0.5, 0.6) is 5.75 Å². The highest BCUT2D eigenvalue weighted by molar-refractivity contribution is 5.94. The molecule has 1 spiro atoms. The minimum atomic E-state index is -4.59. The van der Waals surface area contributed by atoms with Crippen LogP contribution in [0.3, 0.4) is 0 Å². The quantitative estimate of drug-likeness (QED) is 0.617. The first-order valence-electron chi connectivity index (χ1n) is 11.5. The SMILES string of the molecule is COCC1CN(C(=O)c2ccc(OC)cc2)CC12CCN(c1ccc(C#N)c(C(F)(F)F)c1)CC2. The number of methoxy groups -OCH3 is 2. The molecular weight excluding hydrogens is 459 g/mol. The molecule has 2 saturated heterocycles. The van der Waals surface area contributed by atoms with Crippen LogP contribution in [-0.2, 0) is 10.9 Å². The Labute approximate surface area is 202 Å². The first-order valence-corrected chi connectivity index (χ1v) is 11.5. The molecule has 0 saturated carbocycles. The van der Waals surface area contributed by atoms with Crippen molar-refractivity contribution in [2.75, 3.05) is 51.9 Å². The summed E-state index contributed by atoms with van der Waals surface area (Å²) in [6.07, 6.45) is -3.13. The third kappa shape index (κ3) is 4.94. The zero-order valence-electron chi connectivity index (χ0n) is 19.8. The van der Waals surface area contributed by atoms with Gasteiger partial charge in [0.2, 0.25) is 0 Å². The van der Waals surface area contributed by atoms with Gasteiger partial charge < -0.3 is 19.3 Å². The Kier molecular flexibility index (Phi) is 6.95. The van der Waals surface area contributed by atoms with Crippen molar-refractivity contribution in [2.45, 2.75) is 19.0 Å². The maximum absolute atomic E-state index is 13.4. The summed E-state index contributed by atoms with van der Waals surface area (Å²) in [6, 6.07) is 12.5. The second-order valence-corrected chi connectivity index (χ2v) is 9.26. The van der Waals surface area contributed by atoms with Gasteiger partial charge in [-0.05, 0) is 60.7 Å². The van der Waals surface area contributed by atoms with Crippen LogP contribution in [0.1, 0.15) is 34.3 Å². The Morgan fingerprint density at radius 3 is 2.40 bits per heavy atom. The van der Waals surface area contributed by atoms with E-state index >= 15 is 0 Å². The molecule has 2 heterocycles. The highest BCUT2D eigenvalue weighted by Crippen LogP contribution is 2.46. The molecule has 0 N–H and O–H groups in total. The molecule has 0 radical (unpaired) electrons. The van der Waals surface area contributed by atoms with E-state index < -0.39 is 11.7 Å². The van der Waals surface area contributed by atoms with Gasteiger partial charge in [-0.1, -0.05) is 0 Å². The molecule has 0 aliphatic carbocycles. The van der Waals surface area contributed by atoms with E-state index in [1.807, 2.05) is 9.80 Å². The molecule has 0 bridgehead atoms. The van der Waals surface area contributed by atoms with Gasteiger partial charge in [-0.2, -0.15) is 18.4 Å². The molecule has 1 atom stereocenters. The second-order valence-electron chi connectivity index (χ2n) is 9.26. The summed E-state index contributed by atoms with van der Waals surface area (Å²) < 4.78 is 51.0. The van der Waals surface area contributed by atoms with Gasteiger partial charge in [0, 0.05) is 50.5 Å². The van der Waals surface area contributed by atoms with Crippen LogP contribution in [0.4, 0.5) is 18.9 Å². The monoisotopic (exact) mass is 487 g/mol. The molecule has 1 amide bonds. The fourth-order valence-corrected chi connectivity index (χ4v) is 5.37. The van der Waals surface area contributed by atoms with Crippen molar-refractivity contribution in [1.82, 2.24) is 4.90 Å². The Balaban J connectivity index is 1.50. The molecule has 2 fully saturated rings. The van der Waals surface area contributed by atoms with Gasteiger partial charge in [-0.25, -0.2) is 0 Å². The number of piperidine rings is 1. The highest BCUT2D eigenvalue weighted by atomic mass is 19.4. The lowest BCUT2D eigenvalue weighted by Gasteiger charge is -2.43. The number of halogens is 3. The van der Waals surface area contributed by atoms with Crippen molar-refractivity contribution in [1.29, 1.82) is 5.26 Å². The van der Waals surface area contributed by atoms with Gasteiger partial charge in [0.25, 0.3) is 5.91 Å². The lowest BCUT2D eigenvalue weighted by Crippen LogP contribution is -2.45. The fourth-order valence-electron chi connectivity index (χ4n) is 5.37. The smallest absolute Gasteiger partial charge is 0.417 e. The molecule has 9 heteroatoms. The third-order valence-electron chi connectivity index (χ3n) is 7.36. The predicted octanol–water partition coefficient (Wildman–Crippen LogP) is 4.59. The van der Waals surface area contributed by atoms with Crippen molar-refractivity contribution in [3.63, 3.8) is 0 Å². The molecule has 2 aliphatic rings. The van der Waals surface area contributed by atoms with E-state index in [1.54, 1.807) is 50.6 Å². The van der Waals surface area contributed by atoms with Crippen molar-refractivity contribution < 1.29 is 27.4 Å². The zero-order chi connectivity index (χ0) is 25.2. The number of rotatable bonds is 5. The lowest BCUT2D eigenvalue weighted by atomic mass is 9.71. The summed E-state index contributed by atoms with van der Waals surface area (Å²) in [6.45, 7) is 2.80. The number of hydrogen-bond acceptors (Lipinski definition) is 5. The van der Waals surface area contributed by atoms with Crippen LogP contribution in [0.2, 0.25) is 0 Å². The summed E-state index contributed by atoms with van der Waals surface area (Å²) in [5.74, 6) is 0.777. The van der Waals surface area contributed by atoms with E-state index in [1.165, 1.54) is 6.07 Å². The van der Waals surface area contributed by atoms with E-state index in [-0.39, 0.29) is 22.8 Å². The minimum absolute atomic E-state index is 0.0463. The van der Waals surface area contributed by atoms with E-state index in [9.17, 15) is 18.0 Å². The molecule has 2 aromatic rings. The van der Waals surface area contributed by atoms with Crippen molar-refractivity contribution >= 4 is 11.6 Å². The average Bonchev–Trinajstić information content (AvgIpc) is 3.20.